The van der Waals surface area contributed by atoms with Gasteiger partial charge in [0.25, 0.3) is 0 Å². The highest BCUT2D eigenvalue weighted by molar-refractivity contribution is 7.13. The highest BCUT2D eigenvalue weighted by Crippen LogP contribution is 2.29. The summed E-state index contributed by atoms with van der Waals surface area (Å²) in [5.74, 6) is -0.242. The largest absolute Gasteiger partial charge is 0.489 e. The Morgan fingerprint density at radius 2 is 1.88 bits per heavy atom. The number of carboxylic acids is 1. The third-order valence-electron chi connectivity index (χ3n) is 3.41. The standard InChI is InChI=1S/C18H13Cl2NO3S/c19-15-5-2-6-16(20)14(15)9-24-13-4-1-3-11(7-13)18-21-12(10-25-18)8-17(22)23/h1-7,10H,8-9H2,(H,22,23). The molecule has 1 N–H and O–H groups in total. The highest BCUT2D eigenvalue weighted by atomic mass is 35.5. The Morgan fingerprint density at radius 1 is 1.16 bits per heavy atom. The molecular formula is C18H13Cl2NO3S. The average molecular weight is 394 g/mol. The summed E-state index contributed by atoms with van der Waals surface area (Å²) in [6, 6.07) is 12.8. The molecule has 2 aromatic carbocycles. The van der Waals surface area contributed by atoms with Crippen molar-refractivity contribution in [2.45, 2.75) is 13.0 Å². The van der Waals surface area contributed by atoms with Gasteiger partial charge in [-0.1, -0.05) is 41.4 Å². The van der Waals surface area contributed by atoms with Crippen molar-refractivity contribution in [1.82, 2.24) is 4.98 Å². The lowest BCUT2D eigenvalue weighted by atomic mass is 10.2. The molecule has 0 aliphatic carbocycles. The number of ether oxygens (including phenoxy) is 1. The van der Waals surface area contributed by atoms with Crippen molar-refractivity contribution in [3.05, 3.63) is 69.1 Å². The summed E-state index contributed by atoms with van der Waals surface area (Å²) in [5, 5.41) is 12.4. The van der Waals surface area contributed by atoms with Crippen molar-refractivity contribution in [3.63, 3.8) is 0 Å². The van der Waals surface area contributed by atoms with E-state index in [0.717, 1.165) is 16.1 Å². The van der Waals surface area contributed by atoms with Gasteiger partial charge < -0.3 is 9.84 Å². The minimum Gasteiger partial charge on any atom is -0.489 e. The Hall–Kier alpha value is -2.08. The molecule has 3 rings (SSSR count). The zero-order valence-electron chi connectivity index (χ0n) is 12.9. The van der Waals surface area contributed by atoms with Gasteiger partial charge in [0, 0.05) is 26.6 Å². The SMILES string of the molecule is O=C(O)Cc1csc(-c2cccc(OCc3c(Cl)cccc3Cl)c2)n1. The Labute approximate surface area is 158 Å². The van der Waals surface area contributed by atoms with E-state index in [1.807, 2.05) is 24.3 Å². The van der Waals surface area contributed by atoms with Crippen molar-refractivity contribution in [3.8, 4) is 16.3 Å². The van der Waals surface area contributed by atoms with Crippen molar-refractivity contribution in [2.24, 2.45) is 0 Å². The molecule has 0 aliphatic heterocycles. The first-order chi connectivity index (χ1) is 12.0. The monoisotopic (exact) mass is 393 g/mol. The lowest BCUT2D eigenvalue weighted by Crippen LogP contribution is -2.00. The van der Waals surface area contributed by atoms with Gasteiger partial charge in [0.15, 0.2) is 0 Å². The van der Waals surface area contributed by atoms with Crippen molar-refractivity contribution >= 4 is 40.5 Å². The van der Waals surface area contributed by atoms with Gasteiger partial charge in [-0.25, -0.2) is 4.98 Å². The number of nitrogens with zero attached hydrogens (tertiary/aromatic N) is 1. The van der Waals surface area contributed by atoms with Crippen molar-refractivity contribution < 1.29 is 14.6 Å². The first-order valence-corrected chi connectivity index (χ1v) is 8.99. The zero-order chi connectivity index (χ0) is 17.8. The predicted molar refractivity (Wildman–Crippen MR) is 99.7 cm³/mol. The maximum Gasteiger partial charge on any atom is 0.309 e. The van der Waals surface area contributed by atoms with Crippen LogP contribution in [-0.4, -0.2) is 16.1 Å². The van der Waals surface area contributed by atoms with E-state index in [1.54, 1.807) is 23.6 Å². The van der Waals surface area contributed by atoms with Crippen LogP contribution in [0.3, 0.4) is 0 Å². The Bertz CT molecular complexity index is 891. The van der Waals surface area contributed by atoms with Crippen molar-refractivity contribution in [1.29, 1.82) is 0 Å². The van der Waals surface area contributed by atoms with E-state index >= 15 is 0 Å². The maximum atomic E-state index is 10.8. The smallest absolute Gasteiger partial charge is 0.309 e. The van der Waals surface area contributed by atoms with Crippen LogP contribution in [0.5, 0.6) is 5.75 Å². The summed E-state index contributed by atoms with van der Waals surface area (Å²) in [6.45, 7) is 0.254. The van der Waals surface area contributed by atoms with Gasteiger partial charge in [0.1, 0.15) is 17.4 Å². The van der Waals surface area contributed by atoms with Crippen LogP contribution in [0.1, 0.15) is 11.3 Å². The second-order valence-electron chi connectivity index (χ2n) is 5.23. The fourth-order valence-corrected chi connectivity index (χ4v) is 3.54. The molecule has 1 aromatic heterocycles. The molecule has 25 heavy (non-hydrogen) atoms. The number of thiazole rings is 1. The number of aromatic nitrogens is 1. The number of carboxylic acid groups (broad SMARTS) is 1. The number of rotatable bonds is 6. The summed E-state index contributed by atoms with van der Waals surface area (Å²) < 4.78 is 5.80. The van der Waals surface area contributed by atoms with E-state index in [-0.39, 0.29) is 13.0 Å². The summed E-state index contributed by atoms with van der Waals surface area (Å²) in [7, 11) is 0. The molecule has 0 saturated carbocycles. The molecule has 0 atom stereocenters. The predicted octanol–water partition coefficient (Wildman–Crippen LogP) is 5.32. The fourth-order valence-electron chi connectivity index (χ4n) is 2.22. The quantitative estimate of drug-likeness (QED) is 0.615. The molecule has 3 aromatic rings. The second kappa shape index (κ2) is 7.87. The van der Waals surface area contributed by atoms with E-state index < -0.39 is 5.97 Å². The van der Waals surface area contributed by atoms with Crippen LogP contribution in [0.2, 0.25) is 10.0 Å². The average Bonchev–Trinajstić information content (AvgIpc) is 3.02. The number of aliphatic carboxylic acids is 1. The lowest BCUT2D eigenvalue weighted by Gasteiger charge is -2.10. The van der Waals surface area contributed by atoms with Gasteiger partial charge in [-0.3, -0.25) is 4.79 Å². The zero-order valence-corrected chi connectivity index (χ0v) is 15.2. The van der Waals surface area contributed by atoms with Crippen LogP contribution < -0.4 is 4.74 Å². The van der Waals surface area contributed by atoms with Gasteiger partial charge in [-0.2, -0.15) is 0 Å². The topological polar surface area (TPSA) is 59.4 Å². The number of halogens is 2. The third-order valence-corrected chi connectivity index (χ3v) is 5.06. The molecule has 0 radical (unpaired) electrons. The minimum atomic E-state index is -0.898. The molecule has 0 saturated heterocycles. The van der Waals surface area contributed by atoms with Crippen molar-refractivity contribution in [2.75, 3.05) is 0 Å². The number of hydrogen-bond donors (Lipinski definition) is 1. The van der Waals surface area contributed by atoms with E-state index in [0.29, 0.717) is 21.5 Å². The minimum absolute atomic E-state index is 0.0856. The molecule has 0 unspecified atom stereocenters. The number of hydrogen-bond acceptors (Lipinski definition) is 4. The van der Waals surface area contributed by atoms with Crippen LogP contribution in [0.15, 0.2) is 47.8 Å². The third kappa shape index (κ3) is 4.51. The summed E-state index contributed by atoms with van der Waals surface area (Å²) in [4.78, 5) is 15.1. The Morgan fingerprint density at radius 3 is 2.60 bits per heavy atom. The summed E-state index contributed by atoms with van der Waals surface area (Å²) in [5.41, 5.74) is 2.14. The molecule has 0 spiro atoms. The summed E-state index contributed by atoms with van der Waals surface area (Å²) >= 11 is 13.7. The van der Waals surface area contributed by atoms with Gasteiger partial charge in [0.05, 0.1) is 12.1 Å². The Balaban J connectivity index is 1.75. The molecule has 128 valence electrons. The highest BCUT2D eigenvalue weighted by Gasteiger charge is 2.10. The summed E-state index contributed by atoms with van der Waals surface area (Å²) in [6.07, 6.45) is -0.0856. The Kier molecular flexibility index (Phi) is 5.58. The van der Waals surface area contributed by atoms with E-state index in [1.165, 1.54) is 11.3 Å². The van der Waals surface area contributed by atoms with E-state index in [4.69, 9.17) is 33.0 Å². The van der Waals surface area contributed by atoms with Crippen LogP contribution in [-0.2, 0) is 17.8 Å². The molecule has 1 heterocycles. The van der Waals surface area contributed by atoms with E-state index in [9.17, 15) is 4.79 Å². The second-order valence-corrected chi connectivity index (χ2v) is 6.90. The molecule has 0 amide bonds. The number of carbonyl (C=O) groups is 1. The molecular weight excluding hydrogens is 381 g/mol. The molecule has 0 fully saturated rings. The van der Waals surface area contributed by atoms with Crippen LogP contribution in [0.25, 0.3) is 10.6 Å². The van der Waals surface area contributed by atoms with Crippen LogP contribution in [0, 0.1) is 0 Å². The van der Waals surface area contributed by atoms with Gasteiger partial charge in [-0.15, -0.1) is 11.3 Å². The molecule has 0 bridgehead atoms. The maximum absolute atomic E-state index is 10.8. The van der Waals surface area contributed by atoms with Gasteiger partial charge >= 0.3 is 5.97 Å². The van der Waals surface area contributed by atoms with Crippen LogP contribution >= 0.6 is 34.5 Å². The molecule has 4 nitrogen and oxygen atoms in total. The first kappa shape index (κ1) is 17.7. The van der Waals surface area contributed by atoms with Crippen LogP contribution in [0.4, 0.5) is 0 Å². The molecule has 7 heteroatoms. The first-order valence-electron chi connectivity index (χ1n) is 7.35. The number of benzene rings is 2. The fraction of sp³-hybridized carbons (Fsp3) is 0.111. The van der Waals surface area contributed by atoms with Gasteiger partial charge in [-0.05, 0) is 24.3 Å². The molecule has 0 aliphatic rings. The normalized spacial score (nSPS) is 10.6. The van der Waals surface area contributed by atoms with Gasteiger partial charge in [0.2, 0.25) is 0 Å². The van der Waals surface area contributed by atoms with E-state index in [2.05, 4.69) is 4.98 Å². The lowest BCUT2D eigenvalue weighted by molar-refractivity contribution is -0.136.